The summed E-state index contributed by atoms with van der Waals surface area (Å²) in [6.07, 6.45) is 0. The van der Waals surface area contributed by atoms with Gasteiger partial charge in [0, 0.05) is 4.47 Å². The molecule has 104 valence electrons. The first-order valence-electron chi connectivity index (χ1n) is 6.82. The Morgan fingerprint density at radius 2 is 1.19 bits per heavy atom. The van der Waals surface area contributed by atoms with Gasteiger partial charge in [0.2, 0.25) is 0 Å². The zero-order valence-electron chi connectivity index (χ0n) is 11.5. The third kappa shape index (κ3) is 3.23. The van der Waals surface area contributed by atoms with Gasteiger partial charge in [-0.15, -0.1) is 0 Å². The summed E-state index contributed by atoms with van der Waals surface area (Å²) in [6.45, 7) is 0.0686. The molecule has 1 nitrogen and oxygen atoms in total. The van der Waals surface area contributed by atoms with Crippen LogP contribution in [-0.2, 0) is 6.61 Å². The number of hydrogen-bond acceptors (Lipinski definition) is 1. The highest BCUT2D eigenvalue weighted by Gasteiger charge is 2.03. The molecule has 3 aromatic carbocycles. The molecule has 21 heavy (non-hydrogen) atoms. The summed E-state index contributed by atoms with van der Waals surface area (Å²) in [5, 5.41) is 9.27. The van der Waals surface area contributed by atoms with Gasteiger partial charge in [0.1, 0.15) is 0 Å². The predicted molar refractivity (Wildman–Crippen MR) is 90.9 cm³/mol. The summed E-state index contributed by atoms with van der Waals surface area (Å²) in [5.41, 5.74) is 5.58. The molecule has 0 saturated heterocycles. The Morgan fingerprint density at radius 1 is 0.667 bits per heavy atom. The van der Waals surface area contributed by atoms with Crippen molar-refractivity contribution in [2.45, 2.75) is 6.61 Å². The van der Waals surface area contributed by atoms with E-state index in [2.05, 4.69) is 58.4 Å². The molecule has 0 aromatic heterocycles. The summed E-state index contributed by atoms with van der Waals surface area (Å²) in [6, 6.07) is 24.7. The van der Waals surface area contributed by atoms with Gasteiger partial charge in [-0.05, 0) is 52.1 Å². The standard InChI is InChI=1S/C19H15BrO/c20-19-9-3-8-18(12-19)17-7-2-6-16(11-17)15-5-1-4-14(10-15)13-21/h1-12,21H,13H2. The van der Waals surface area contributed by atoms with Crippen LogP contribution in [-0.4, -0.2) is 5.11 Å². The first-order valence-corrected chi connectivity index (χ1v) is 7.62. The molecule has 0 unspecified atom stereocenters. The van der Waals surface area contributed by atoms with Gasteiger partial charge in [-0.1, -0.05) is 64.5 Å². The van der Waals surface area contributed by atoms with Crippen LogP contribution in [0.3, 0.4) is 0 Å². The van der Waals surface area contributed by atoms with Crippen LogP contribution < -0.4 is 0 Å². The molecule has 1 N–H and O–H groups in total. The topological polar surface area (TPSA) is 20.2 Å². The third-order valence-corrected chi connectivity index (χ3v) is 3.96. The number of aliphatic hydroxyl groups is 1. The molecule has 0 aliphatic carbocycles. The Morgan fingerprint density at radius 3 is 1.81 bits per heavy atom. The lowest BCUT2D eigenvalue weighted by Crippen LogP contribution is -1.85. The maximum Gasteiger partial charge on any atom is 0.0682 e. The Hall–Kier alpha value is -1.90. The summed E-state index contributed by atoms with van der Waals surface area (Å²) in [4.78, 5) is 0. The van der Waals surface area contributed by atoms with Gasteiger partial charge in [0.05, 0.1) is 6.61 Å². The number of aliphatic hydroxyl groups excluding tert-OH is 1. The second-order valence-corrected chi connectivity index (χ2v) is 5.87. The fraction of sp³-hybridized carbons (Fsp3) is 0.0526. The van der Waals surface area contributed by atoms with E-state index in [0.717, 1.165) is 21.2 Å². The van der Waals surface area contributed by atoms with Crippen LogP contribution >= 0.6 is 15.9 Å². The molecular formula is C19H15BrO. The molecular weight excluding hydrogens is 324 g/mol. The van der Waals surface area contributed by atoms with Crippen LogP contribution in [0, 0.1) is 0 Å². The molecule has 0 aliphatic heterocycles. The second-order valence-electron chi connectivity index (χ2n) is 4.95. The van der Waals surface area contributed by atoms with Crippen LogP contribution in [0.15, 0.2) is 77.3 Å². The molecule has 0 aliphatic rings. The van der Waals surface area contributed by atoms with Gasteiger partial charge in [-0.3, -0.25) is 0 Å². The minimum Gasteiger partial charge on any atom is -0.392 e. The van der Waals surface area contributed by atoms with E-state index in [9.17, 15) is 5.11 Å². The molecule has 2 heteroatoms. The summed E-state index contributed by atoms with van der Waals surface area (Å²) < 4.78 is 1.08. The van der Waals surface area contributed by atoms with Crippen LogP contribution in [0.4, 0.5) is 0 Å². The lowest BCUT2D eigenvalue weighted by atomic mass is 9.98. The normalized spacial score (nSPS) is 10.6. The van der Waals surface area contributed by atoms with Crippen molar-refractivity contribution in [2.75, 3.05) is 0 Å². The monoisotopic (exact) mass is 338 g/mol. The van der Waals surface area contributed by atoms with Crippen molar-refractivity contribution in [3.05, 3.63) is 82.8 Å². The first kappa shape index (κ1) is 14.1. The van der Waals surface area contributed by atoms with E-state index in [-0.39, 0.29) is 6.61 Å². The van der Waals surface area contributed by atoms with Crippen LogP contribution in [0.5, 0.6) is 0 Å². The van der Waals surface area contributed by atoms with Crippen LogP contribution in [0.25, 0.3) is 22.3 Å². The Labute approximate surface area is 133 Å². The molecule has 3 rings (SSSR count). The summed E-state index contributed by atoms with van der Waals surface area (Å²) in [5.74, 6) is 0. The highest BCUT2D eigenvalue weighted by atomic mass is 79.9. The smallest absolute Gasteiger partial charge is 0.0682 e. The average Bonchev–Trinajstić information content (AvgIpc) is 2.55. The number of halogens is 1. The zero-order valence-corrected chi connectivity index (χ0v) is 13.0. The van der Waals surface area contributed by atoms with E-state index in [0.29, 0.717) is 0 Å². The van der Waals surface area contributed by atoms with Gasteiger partial charge in [0.15, 0.2) is 0 Å². The van der Waals surface area contributed by atoms with Crippen molar-refractivity contribution in [1.29, 1.82) is 0 Å². The number of benzene rings is 3. The molecule has 0 fully saturated rings. The largest absolute Gasteiger partial charge is 0.392 e. The van der Waals surface area contributed by atoms with Crippen LogP contribution in [0.2, 0.25) is 0 Å². The molecule has 0 bridgehead atoms. The van der Waals surface area contributed by atoms with Gasteiger partial charge >= 0.3 is 0 Å². The van der Waals surface area contributed by atoms with Crippen molar-refractivity contribution in [1.82, 2.24) is 0 Å². The van der Waals surface area contributed by atoms with Crippen molar-refractivity contribution in [3.8, 4) is 22.3 Å². The number of rotatable bonds is 3. The average molecular weight is 339 g/mol. The zero-order chi connectivity index (χ0) is 14.7. The Bertz CT molecular complexity index is 765. The van der Waals surface area contributed by atoms with Gasteiger partial charge in [0.25, 0.3) is 0 Å². The molecule has 0 heterocycles. The highest BCUT2D eigenvalue weighted by molar-refractivity contribution is 9.10. The molecule has 0 amide bonds. The van der Waals surface area contributed by atoms with Gasteiger partial charge < -0.3 is 5.11 Å². The van der Waals surface area contributed by atoms with Crippen molar-refractivity contribution < 1.29 is 5.11 Å². The molecule has 0 saturated carbocycles. The maximum atomic E-state index is 9.27. The highest BCUT2D eigenvalue weighted by Crippen LogP contribution is 2.28. The van der Waals surface area contributed by atoms with Gasteiger partial charge in [-0.25, -0.2) is 0 Å². The Balaban J connectivity index is 2.03. The second kappa shape index (κ2) is 6.25. The van der Waals surface area contributed by atoms with E-state index in [1.807, 2.05) is 30.3 Å². The number of hydrogen-bond donors (Lipinski definition) is 1. The van der Waals surface area contributed by atoms with E-state index < -0.39 is 0 Å². The summed E-state index contributed by atoms with van der Waals surface area (Å²) >= 11 is 3.51. The first-order chi connectivity index (χ1) is 10.3. The lowest BCUT2D eigenvalue weighted by Gasteiger charge is -2.07. The SMILES string of the molecule is OCc1cccc(-c2cccc(-c3cccc(Br)c3)c2)c1. The maximum absolute atomic E-state index is 9.27. The van der Waals surface area contributed by atoms with Crippen molar-refractivity contribution in [3.63, 3.8) is 0 Å². The van der Waals surface area contributed by atoms with E-state index >= 15 is 0 Å². The minimum atomic E-state index is 0.0686. The minimum absolute atomic E-state index is 0.0686. The Kier molecular flexibility index (Phi) is 4.18. The quantitative estimate of drug-likeness (QED) is 0.689. The fourth-order valence-electron chi connectivity index (χ4n) is 2.40. The summed E-state index contributed by atoms with van der Waals surface area (Å²) in [7, 11) is 0. The third-order valence-electron chi connectivity index (χ3n) is 3.46. The van der Waals surface area contributed by atoms with E-state index in [1.165, 1.54) is 11.1 Å². The molecule has 0 spiro atoms. The predicted octanol–water partition coefficient (Wildman–Crippen LogP) is 5.28. The fourth-order valence-corrected chi connectivity index (χ4v) is 2.79. The van der Waals surface area contributed by atoms with E-state index in [4.69, 9.17) is 0 Å². The van der Waals surface area contributed by atoms with E-state index in [1.54, 1.807) is 0 Å². The molecule has 0 radical (unpaired) electrons. The lowest BCUT2D eigenvalue weighted by molar-refractivity contribution is 0.282. The molecule has 0 atom stereocenters. The molecule has 3 aromatic rings. The van der Waals surface area contributed by atoms with Crippen LogP contribution in [0.1, 0.15) is 5.56 Å². The van der Waals surface area contributed by atoms with Gasteiger partial charge in [-0.2, -0.15) is 0 Å². The van der Waals surface area contributed by atoms with Crippen molar-refractivity contribution in [2.24, 2.45) is 0 Å². The van der Waals surface area contributed by atoms with Crippen molar-refractivity contribution >= 4 is 15.9 Å².